The van der Waals surface area contributed by atoms with Crippen molar-refractivity contribution in [2.75, 3.05) is 0 Å². The van der Waals surface area contributed by atoms with Crippen LogP contribution in [0.4, 0.5) is 0 Å². The molecule has 0 fully saturated rings. The summed E-state index contributed by atoms with van der Waals surface area (Å²) in [6, 6.07) is 12.2. The summed E-state index contributed by atoms with van der Waals surface area (Å²) in [4.78, 5) is 8.34. The Balaban J connectivity index is 1.54. The van der Waals surface area contributed by atoms with E-state index in [9.17, 15) is 0 Å². The molecule has 0 aliphatic rings. The first-order valence-electron chi connectivity index (χ1n) is 7.06. The zero-order chi connectivity index (χ0) is 14.8. The fourth-order valence-corrected chi connectivity index (χ4v) is 2.49. The maximum Gasteiger partial charge on any atom is 0.143 e. The summed E-state index contributed by atoms with van der Waals surface area (Å²) in [6.45, 7) is 1.37. The summed E-state index contributed by atoms with van der Waals surface area (Å²) >= 11 is 0. The van der Waals surface area contributed by atoms with Gasteiger partial charge >= 0.3 is 0 Å². The van der Waals surface area contributed by atoms with E-state index in [0.29, 0.717) is 6.54 Å². The largest absolute Gasteiger partial charge is 0.326 e. The molecule has 108 valence electrons. The van der Waals surface area contributed by atoms with Gasteiger partial charge in [-0.3, -0.25) is 0 Å². The molecule has 0 aliphatic carbocycles. The van der Waals surface area contributed by atoms with Gasteiger partial charge in [0.15, 0.2) is 0 Å². The van der Waals surface area contributed by atoms with Crippen molar-refractivity contribution in [3.05, 3.63) is 72.6 Å². The maximum absolute atomic E-state index is 4.31. The van der Waals surface area contributed by atoms with Crippen LogP contribution in [-0.4, -0.2) is 29.5 Å². The second-order valence-corrected chi connectivity index (χ2v) is 5.14. The summed E-state index contributed by atoms with van der Waals surface area (Å²) in [5.41, 5.74) is 3.03. The molecule has 4 rings (SSSR count). The van der Waals surface area contributed by atoms with Gasteiger partial charge in [-0.25, -0.2) is 14.6 Å². The van der Waals surface area contributed by atoms with Crippen molar-refractivity contribution in [2.45, 2.75) is 13.1 Å². The van der Waals surface area contributed by atoms with Gasteiger partial charge in [-0.15, -0.1) is 5.10 Å². The predicted octanol–water partition coefficient (Wildman–Crippen LogP) is 2.12. The van der Waals surface area contributed by atoms with Crippen LogP contribution in [0.1, 0.15) is 11.3 Å². The van der Waals surface area contributed by atoms with Crippen LogP contribution < -0.4 is 0 Å². The lowest BCUT2D eigenvalue weighted by Gasteiger charge is -2.01. The molecule has 0 saturated carbocycles. The summed E-state index contributed by atoms with van der Waals surface area (Å²) in [7, 11) is 0. The van der Waals surface area contributed by atoms with Gasteiger partial charge < -0.3 is 4.57 Å². The van der Waals surface area contributed by atoms with Crippen LogP contribution in [0.5, 0.6) is 0 Å². The van der Waals surface area contributed by atoms with Crippen molar-refractivity contribution in [2.24, 2.45) is 0 Å². The van der Waals surface area contributed by atoms with Crippen molar-refractivity contribution in [1.82, 2.24) is 29.5 Å². The van der Waals surface area contributed by atoms with Gasteiger partial charge in [0.1, 0.15) is 17.7 Å². The molecule has 0 radical (unpaired) electrons. The molecule has 0 N–H and O–H groups in total. The Kier molecular flexibility index (Phi) is 3.12. The summed E-state index contributed by atoms with van der Waals surface area (Å²) in [5, 5.41) is 9.46. The van der Waals surface area contributed by atoms with Crippen molar-refractivity contribution in [3.8, 4) is 0 Å². The molecule has 4 aromatic rings. The molecular weight excluding hydrogens is 276 g/mol. The molecular formula is C16H14N6. The lowest BCUT2D eigenvalue weighted by Crippen LogP contribution is -2.00. The highest BCUT2D eigenvalue weighted by Gasteiger charge is 2.06. The number of hydrogen-bond donors (Lipinski definition) is 0. The van der Waals surface area contributed by atoms with Gasteiger partial charge in [0.25, 0.3) is 0 Å². The first-order valence-corrected chi connectivity index (χ1v) is 7.06. The van der Waals surface area contributed by atoms with E-state index < -0.39 is 0 Å². The lowest BCUT2D eigenvalue weighted by atomic mass is 10.2. The molecule has 0 atom stereocenters. The first-order chi connectivity index (χ1) is 10.9. The van der Waals surface area contributed by atoms with Crippen LogP contribution in [0.15, 0.2) is 61.3 Å². The second-order valence-electron chi connectivity index (χ2n) is 5.14. The summed E-state index contributed by atoms with van der Waals surface area (Å²) in [6.07, 6.45) is 7.34. The average molecular weight is 290 g/mol. The van der Waals surface area contributed by atoms with E-state index in [2.05, 4.69) is 32.4 Å². The molecule has 0 spiro atoms. The average Bonchev–Trinajstić information content (AvgIpc) is 3.17. The van der Waals surface area contributed by atoms with Gasteiger partial charge in [-0.1, -0.05) is 35.5 Å². The van der Waals surface area contributed by atoms with E-state index in [1.54, 1.807) is 6.33 Å². The molecule has 3 heterocycles. The molecule has 22 heavy (non-hydrogen) atoms. The van der Waals surface area contributed by atoms with Gasteiger partial charge in [0, 0.05) is 17.8 Å². The standard InChI is InChI=1S/C16H14N6/c1-2-4-13(5-3-1)9-22-11-15(19-20-22)10-21-7-6-14-8-17-12-18-16(14)21/h1-8,11-12H,9-10H2. The van der Waals surface area contributed by atoms with E-state index in [1.807, 2.05) is 52.1 Å². The normalized spacial score (nSPS) is 11.1. The summed E-state index contributed by atoms with van der Waals surface area (Å²) < 4.78 is 3.90. The highest BCUT2D eigenvalue weighted by atomic mass is 15.4. The first kappa shape index (κ1) is 12.7. The minimum atomic E-state index is 0.648. The smallest absolute Gasteiger partial charge is 0.143 e. The number of rotatable bonds is 4. The number of nitrogens with zero attached hydrogens (tertiary/aromatic N) is 6. The molecule has 0 amide bonds. The second kappa shape index (κ2) is 5.40. The van der Waals surface area contributed by atoms with Crippen LogP contribution >= 0.6 is 0 Å². The van der Waals surface area contributed by atoms with E-state index >= 15 is 0 Å². The third-order valence-electron chi connectivity index (χ3n) is 3.53. The van der Waals surface area contributed by atoms with Crippen molar-refractivity contribution < 1.29 is 0 Å². The van der Waals surface area contributed by atoms with Crippen molar-refractivity contribution in [1.29, 1.82) is 0 Å². The summed E-state index contributed by atoms with van der Waals surface area (Å²) in [5.74, 6) is 0. The SMILES string of the molecule is c1ccc(Cn2cc(Cn3ccc4cncnc43)nn2)cc1. The van der Waals surface area contributed by atoms with Crippen LogP contribution in [-0.2, 0) is 13.1 Å². The highest BCUT2D eigenvalue weighted by Crippen LogP contribution is 2.12. The number of hydrogen-bond acceptors (Lipinski definition) is 4. The molecule has 0 bridgehead atoms. The molecule has 1 aromatic carbocycles. The Morgan fingerprint density at radius 3 is 2.82 bits per heavy atom. The van der Waals surface area contributed by atoms with Gasteiger partial charge in [0.2, 0.25) is 0 Å². The maximum atomic E-state index is 4.31. The van der Waals surface area contributed by atoms with Crippen molar-refractivity contribution >= 4 is 11.0 Å². The van der Waals surface area contributed by atoms with Gasteiger partial charge in [0.05, 0.1) is 19.3 Å². The molecule has 6 heteroatoms. The zero-order valence-electron chi connectivity index (χ0n) is 11.9. The van der Waals surface area contributed by atoms with Crippen LogP contribution in [0, 0.1) is 0 Å². The van der Waals surface area contributed by atoms with E-state index in [-0.39, 0.29) is 0 Å². The third kappa shape index (κ3) is 2.46. The fourth-order valence-electron chi connectivity index (χ4n) is 2.49. The lowest BCUT2D eigenvalue weighted by molar-refractivity contribution is 0.649. The number of fused-ring (bicyclic) bond motifs is 1. The van der Waals surface area contributed by atoms with Crippen LogP contribution in [0.3, 0.4) is 0 Å². The Bertz CT molecular complexity index is 893. The van der Waals surface area contributed by atoms with E-state index in [4.69, 9.17) is 0 Å². The Labute approximate surface area is 127 Å². The molecule has 6 nitrogen and oxygen atoms in total. The molecule has 0 saturated heterocycles. The fraction of sp³-hybridized carbons (Fsp3) is 0.125. The number of aromatic nitrogens is 6. The van der Waals surface area contributed by atoms with Crippen LogP contribution in [0.25, 0.3) is 11.0 Å². The molecule has 3 aromatic heterocycles. The van der Waals surface area contributed by atoms with Crippen LogP contribution in [0.2, 0.25) is 0 Å². The van der Waals surface area contributed by atoms with Gasteiger partial charge in [-0.2, -0.15) is 0 Å². The Hall–Kier alpha value is -3.02. The van der Waals surface area contributed by atoms with E-state index in [1.165, 1.54) is 5.56 Å². The Morgan fingerprint density at radius 2 is 1.91 bits per heavy atom. The molecule has 0 unspecified atom stereocenters. The van der Waals surface area contributed by atoms with E-state index in [0.717, 1.165) is 23.3 Å². The van der Waals surface area contributed by atoms with Crippen molar-refractivity contribution in [3.63, 3.8) is 0 Å². The molecule has 0 aliphatic heterocycles. The predicted molar refractivity (Wildman–Crippen MR) is 82.2 cm³/mol. The topological polar surface area (TPSA) is 61.4 Å². The number of benzene rings is 1. The minimum Gasteiger partial charge on any atom is -0.326 e. The monoisotopic (exact) mass is 290 g/mol. The highest BCUT2D eigenvalue weighted by molar-refractivity contribution is 5.74. The third-order valence-corrected chi connectivity index (χ3v) is 3.53. The Morgan fingerprint density at radius 1 is 1.00 bits per heavy atom. The minimum absolute atomic E-state index is 0.648. The zero-order valence-corrected chi connectivity index (χ0v) is 11.9. The van der Waals surface area contributed by atoms with Gasteiger partial charge in [-0.05, 0) is 11.6 Å². The quantitative estimate of drug-likeness (QED) is 0.577.